The van der Waals surface area contributed by atoms with Crippen LogP contribution >= 0.6 is 0 Å². The zero-order valence-electron chi connectivity index (χ0n) is 21.4. The SMILES string of the molecule is COc1ccccc1C1CNCCC12CCN(C(=O)C(OC)(c1ccc(C)cc1C)C(F)(F)F)CC2. The number of aryl methyl sites for hydroxylation is 2. The molecule has 2 fully saturated rings. The van der Waals surface area contributed by atoms with Crippen molar-refractivity contribution < 1.29 is 27.4 Å². The van der Waals surface area contributed by atoms with Crippen LogP contribution in [0, 0.1) is 19.3 Å². The van der Waals surface area contributed by atoms with E-state index in [2.05, 4.69) is 11.4 Å². The van der Waals surface area contributed by atoms with Crippen LogP contribution in [0.25, 0.3) is 0 Å². The summed E-state index contributed by atoms with van der Waals surface area (Å²) in [5, 5.41) is 3.47. The van der Waals surface area contributed by atoms with Gasteiger partial charge in [-0.2, -0.15) is 13.2 Å². The van der Waals surface area contributed by atoms with Gasteiger partial charge in [-0.1, -0.05) is 42.0 Å². The summed E-state index contributed by atoms with van der Waals surface area (Å²) in [6.45, 7) is 5.50. The fourth-order valence-electron chi connectivity index (χ4n) is 6.26. The standard InChI is InChI=1S/C28H35F3N2O3/c1-19-9-10-22(20(2)17-19)27(36-4,28(29,30)31)25(34)33-15-12-26(13-16-33)11-14-32-18-23(26)21-7-5-6-8-24(21)35-3/h5-10,17,23,32H,11-16,18H2,1-4H3. The molecule has 5 nitrogen and oxygen atoms in total. The van der Waals surface area contributed by atoms with Crippen LogP contribution in [-0.2, 0) is 15.1 Å². The van der Waals surface area contributed by atoms with Crippen LogP contribution in [0.5, 0.6) is 5.75 Å². The van der Waals surface area contributed by atoms with Crippen LogP contribution in [0.15, 0.2) is 42.5 Å². The highest BCUT2D eigenvalue weighted by molar-refractivity contribution is 5.88. The predicted molar refractivity (Wildman–Crippen MR) is 132 cm³/mol. The van der Waals surface area contributed by atoms with Crippen molar-refractivity contribution in [1.29, 1.82) is 0 Å². The molecular formula is C28H35F3N2O3. The minimum absolute atomic E-state index is 0.121. The maximum Gasteiger partial charge on any atom is 0.430 e. The lowest BCUT2D eigenvalue weighted by atomic mass is 9.62. The number of carbonyl (C=O) groups excluding carboxylic acids is 1. The van der Waals surface area contributed by atoms with Crippen molar-refractivity contribution in [3.8, 4) is 5.75 Å². The molecule has 2 heterocycles. The molecule has 0 bridgehead atoms. The second kappa shape index (κ2) is 10.1. The van der Waals surface area contributed by atoms with Gasteiger partial charge in [0.25, 0.3) is 11.5 Å². The fourth-order valence-corrected chi connectivity index (χ4v) is 6.26. The summed E-state index contributed by atoms with van der Waals surface area (Å²) in [5.74, 6) is -0.0785. The molecule has 8 heteroatoms. The molecular weight excluding hydrogens is 469 g/mol. The van der Waals surface area contributed by atoms with Gasteiger partial charge >= 0.3 is 6.18 Å². The van der Waals surface area contributed by atoms with Crippen molar-refractivity contribution in [3.05, 3.63) is 64.7 Å². The van der Waals surface area contributed by atoms with Crippen molar-refractivity contribution in [1.82, 2.24) is 10.2 Å². The molecule has 2 saturated heterocycles. The maximum absolute atomic E-state index is 14.7. The second-order valence-corrected chi connectivity index (χ2v) is 10.1. The number of methoxy groups -OCH3 is 2. The first-order valence-corrected chi connectivity index (χ1v) is 12.4. The zero-order valence-corrected chi connectivity index (χ0v) is 21.4. The Morgan fingerprint density at radius 2 is 1.75 bits per heavy atom. The van der Waals surface area contributed by atoms with Gasteiger partial charge in [0.1, 0.15) is 5.75 Å². The van der Waals surface area contributed by atoms with Crippen LogP contribution in [0.2, 0.25) is 0 Å². The number of carbonyl (C=O) groups is 1. The van der Waals surface area contributed by atoms with Gasteiger partial charge in [0.05, 0.1) is 7.11 Å². The first-order valence-electron chi connectivity index (χ1n) is 12.4. The molecule has 2 aromatic carbocycles. The van der Waals surface area contributed by atoms with E-state index in [4.69, 9.17) is 9.47 Å². The lowest BCUT2D eigenvalue weighted by Crippen LogP contribution is -2.60. The third-order valence-corrected chi connectivity index (χ3v) is 8.22. The van der Waals surface area contributed by atoms with E-state index in [1.54, 1.807) is 26.2 Å². The molecule has 1 N–H and O–H groups in total. The lowest BCUT2D eigenvalue weighted by Gasteiger charge is -2.51. The number of para-hydroxylation sites is 1. The van der Waals surface area contributed by atoms with Gasteiger partial charge in [0.15, 0.2) is 0 Å². The minimum atomic E-state index is -4.91. The summed E-state index contributed by atoms with van der Waals surface area (Å²) in [5.41, 5.74) is -1.00. The number of rotatable bonds is 5. The normalized spacial score (nSPS) is 21.8. The number of amides is 1. The van der Waals surface area contributed by atoms with E-state index < -0.39 is 17.7 Å². The van der Waals surface area contributed by atoms with Crippen LogP contribution in [0.4, 0.5) is 13.2 Å². The van der Waals surface area contributed by atoms with E-state index >= 15 is 0 Å². The molecule has 36 heavy (non-hydrogen) atoms. The Morgan fingerprint density at radius 3 is 2.36 bits per heavy atom. The Bertz CT molecular complexity index is 1100. The second-order valence-electron chi connectivity index (χ2n) is 10.1. The summed E-state index contributed by atoms with van der Waals surface area (Å²) >= 11 is 0. The molecule has 1 spiro atoms. The Hall–Kier alpha value is -2.58. The van der Waals surface area contributed by atoms with E-state index in [0.29, 0.717) is 18.4 Å². The van der Waals surface area contributed by atoms with Gasteiger partial charge in [0, 0.05) is 38.2 Å². The number of ether oxygens (including phenoxy) is 2. The Morgan fingerprint density at radius 1 is 1.06 bits per heavy atom. The maximum atomic E-state index is 14.7. The van der Waals surface area contributed by atoms with Crippen LogP contribution in [0.1, 0.15) is 47.4 Å². The average Bonchev–Trinajstić information content (AvgIpc) is 2.85. The predicted octanol–water partition coefficient (Wildman–Crippen LogP) is 5.10. The molecule has 0 saturated carbocycles. The topological polar surface area (TPSA) is 50.8 Å². The smallest absolute Gasteiger partial charge is 0.430 e. The summed E-state index contributed by atoms with van der Waals surface area (Å²) < 4.78 is 54.8. The van der Waals surface area contributed by atoms with Gasteiger partial charge < -0.3 is 19.7 Å². The van der Waals surface area contributed by atoms with Crippen LogP contribution in [0.3, 0.4) is 0 Å². The number of likely N-dealkylation sites (tertiary alicyclic amines) is 1. The number of halogens is 3. The number of hydrogen-bond acceptors (Lipinski definition) is 4. The van der Waals surface area contributed by atoms with Gasteiger partial charge in [-0.15, -0.1) is 0 Å². The molecule has 1 amide bonds. The number of benzene rings is 2. The van der Waals surface area contributed by atoms with E-state index in [-0.39, 0.29) is 30.0 Å². The summed E-state index contributed by atoms with van der Waals surface area (Å²) in [7, 11) is 2.62. The molecule has 0 radical (unpaired) electrons. The summed E-state index contributed by atoms with van der Waals surface area (Å²) in [4.78, 5) is 15.1. The highest BCUT2D eigenvalue weighted by atomic mass is 19.4. The monoisotopic (exact) mass is 504 g/mol. The molecule has 2 aliphatic heterocycles. The molecule has 2 aliphatic rings. The number of nitrogens with one attached hydrogen (secondary N) is 1. The number of piperidine rings is 2. The van der Waals surface area contributed by atoms with E-state index in [1.807, 2.05) is 25.1 Å². The van der Waals surface area contributed by atoms with Crippen molar-refractivity contribution in [2.45, 2.75) is 50.8 Å². The summed E-state index contributed by atoms with van der Waals surface area (Å²) in [6, 6.07) is 12.5. The van der Waals surface area contributed by atoms with E-state index in [0.717, 1.165) is 43.5 Å². The van der Waals surface area contributed by atoms with Crippen molar-refractivity contribution in [2.75, 3.05) is 40.4 Å². The van der Waals surface area contributed by atoms with Crippen LogP contribution < -0.4 is 10.1 Å². The van der Waals surface area contributed by atoms with Crippen molar-refractivity contribution in [2.24, 2.45) is 5.41 Å². The quantitative estimate of drug-likeness (QED) is 0.616. The fraction of sp³-hybridized carbons (Fsp3) is 0.536. The number of alkyl halides is 3. The largest absolute Gasteiger partial charge is 0.496 e. The Balaban J connectivity index is 1.64. The molecule has 196 valence electrons. The first kappa shape index (κ1) is 26.5. The molecule has 2 atom stereocenters. The first-order chi connectivity index (χ1) is 17.1. The summed E-state index contributed by atoms with van der Waals surface area (Å²) in [6.07, 6.45) is -2.78. The van der Waals surface area contributed by atoms with Crippen molar-refractivity contribution >= 4 is 5.91 Å². The Kier molecular flexibility index (Phi) is 7.40. The minimum Gasteiger partial charge on any atom is -0.496 e. The van der Waals surface area contributed by atoms with Gasteiger partial charge in [0.2, 0.25) is 0 Å². The van der Waals surface area contributed by atoms with E-state index in [9.17, 15) is 18.0 Å². The van der Waals surface area contributed by atoms with Crippen LogP contribution in [-0.4, -0.2) is 57.4 Å². The zero-order chi connectivity index (χ0) is 26.1. The number of nitrogens with zero attached hydrogens (tertiary/aromatic N) is 1. The third kappa shape index (κ3) is 4.39. The molecule has 0 aliphatic carbocycles. The molecule has 4 rings (SSSR count). The molecule has 2 aromatic rings. The van der Waals surface area contributed by atoms with E-state index in [1.165, 1.54) is 11.0 Å². The van der Waals surface area contributed by atoms with Crippen molar-refractivity contribution in [3.63, 3.8) is 0 Å². The molecule has 2 unspecified atom stereocenters. The van der Waals surface area contributed by atoms with Gasteiger partial charge in [-0.25, -0.2) is 0 Å². The third-order valence-electron chi connectivity index (χ3n) is 8.22. The average molecular weight is 505 g/mol. The molecule has 0 aromatic heterocycles. The highest BCUT2D eigenvalue weighted by Crippen LogP contribution is 2.51. The highest BCUT2D eigenvalue weighted by Gasteiger charge is 2.64. The van der Waals surface area contributed by atoms with Gasteiger partial charge in [-0.3, -0.25) is 4.79 Å². The Labute approximate surface area is 211 Å². The van der Waals surface area contributed by atoms with Gasteiger partial charge in [-0.05, 0) is 62.3 Å². The lowest BCUT2D eigenvalue weighted by molar-refractivity contribution is -0.271. The number of hydrogen-bond donors (Lipinski definition) is 1.